The van der Waals surface area contributed by atoms with E-state index in [1.165, 1.54) is 6.07 Å². The molecular formula is C21H13BrN2O4S. The first-order chi connectivity index (χ1) is 14.0. The molecule has 6 nitrogen and oxygen atoms in total. The molecule has 0 radical (unpaired) electrons. The van der Waals surface area contributed by atoms with Crippen molar-refractivity contribution in [1.29, 1.82) is 0 Å². The minimum atomic E-state index is -0.461. The first-order valence-electron chi connectivity index (χ1n) is 8.50. The maximum Gasteiger partial charge on any atom is 0.336 e. The van der Waals surface area contributed by atoms with Gasteiger partial charge >= 0.3 is 5.63 Å². The maximum absolute atomic E-state index is 12.4. The number of carbonyl (C=O) groups is 1. The summed E-state index contributed by atoms with van der Waals surface area (Å²) in [4.78, 5) is 23.7. The Hall–Kier alpha value is -3.23. The molecule has 2 N–H and O–H groups in total. The Morgan fingerprint density at radius 1 is 0.931 bits per heavy atom. The second-order valence-electron chi connectivity index (χ2n) is 6.09. The Balaban J connectivity index is 1.43. The smallest absolute Gasteiger partial charge is 0.336 e. The van der Waals surface area contributed by atoms with Gasteiger partial charge in [-0.3, -0.25) is 10.1 Å². The predicted octanol–water partition coefficient (Wildman–Crippen LogP) is 4.94. The van der Waals surface area contributed by atoms with Crippen molar-refractivity contribution in [3.8, 4) is 11.3 Å². The largest absolute Gasteiger partial charge is 0.451 e. The van der Waals surface area contributed by atoms with E-state index < -0.39 is 11.5 Å². The zero-order valence-corrected chi connectivity index (χ0v) is 17.2. The molecule has 2 heterocycles. The molecule has 0 saturated carbocycles. The van der Waals surface area contributed by atoms with Crippen molar-refractivity contribution >= 4 is 55.8 Å². The summed E-state index contributed by atoms with van der Waals surface area (Å²) in [5.41, 5.74) is 1.55. The molecule has 29 heavy (non-hydrogen) atoms. The fourth-order valence-electron chi connectivity index (χ4n) is 2.71. The van der Waals surface area contributed by atoms with E-state index in [0.717, 1.165) is 15.4 Å². The fraction of sp³-hybridized carbons (Fsp3) is 0. The molecule has 0 spiro atoms. The van der Waals surface area contributed by atoms with E-state index in [4.69, 9.17) is 21.1 Å². The summed E-state index contributed by atoms with van der Waals surface area (Å²) < 4.78 is 11.7. The summed E-state index contributed by atoms with van der Waals surface area (Å²) >= 11 is 8.59. The van der Waals surface area contributed by atoms with Crippen LogP contribution in [0.2, 0.25) is 0 Å². The van der Waals surface area contributed by atoms with E-state index in [-0.39, 0.29) is 10.9 Å². The average molecular weight is 469 g/mol. The molecule has 8 heteroatoms. The number of amides is 1. The Bertz CT molecular complexity index is 1280. The number of carbonyl (C=O) groups excluding carboxylic acids is 1. The Labute approximate surface area is 178 Å². The lowest BCUT2D eigenvalue weighted by Crippen LogP contribution is -2.33. The van der Waals surface area contributed by atoms with Crippen molar-refractivity contribution in [2.75, 3.05) is 5.32 Å². The van der Waals surface area contributed by atoms with Crippen molar-refractivity contribution in [3.05, 3.63) is 87.4 Å². The van der Waals surface area contributed by atoms with Crippen molar-refractivity contribution in [2.24, 2.45) is 0 Å². The molecular weight excluding hydrogens is 456 g/mol. The number of hydrogen-bond donors (Lipinski definition) is 2. The van der Waals surface area contributed by atoms with Crippen LogP contribution >= 0.6 is 28.1 Å². The first-order valence-corrected chi connectivity index (χ1v) is 9.70. The average Bonchev–Trinajstić information content (AvgIpc) is 3.19. The van der Waals surface area contributed by atoms with Crippen molar-refractivity contribution in [1.82, 2.24) is 5.32 Å². The molecule has 0 bridgehead atoms. The third-order valence-corrected chi connectivity index (χ3v) is 4.80. The van der Waals surface area contributed by atoms with Gasteiger partial charge < -0.3 is 14.2 Å². The highest BCUT2D eigenvalue weighted by molar-refractivity contribution is 9.10. The van der Waals surface area contributed by atoms with Crippen LogP contribution in [0.25, 0.3) is 22.3 Å². The van der Waals surface area contributed by atoms with Crippen molar-refractivity contribution in [3.63, 3.8) is 0 Å². The van der Waals surface area contributed by atoms with E-state index in [9.17, 15) is 9.59 Å². The highest BCUT2D eigenvalue weighted by Crippen LogP contribution is 2.24. The first kappa shape index (κ1) is 19.1. The Morgan fingerprint density at radius 3 is 2.52 bits per heavy atom. The number of benzene rings is 2. The molecule has 0 aliphatic heterocycles. The van der Waals surface area contributed by atoms with Gasteiger partial charge in [0.1, 0.15) is 11.3 Å². The van der Waals surface area contributed by atoms with Crippen LogP contribution in [-0.4, -0.2) is 11.0 Å². The molecule has 4 rings (SSSR count). The van der Waals surface area contributed by atoms with Gasteiger partial charge in [-0.15, -0.1) is 0 Å². The van der Waals surface area contributed by atoms with Gasteiger partial charge in [0.15, 0.2) is 10.9 Å². The standard InChI is InChI=1S/C21H13BrN2O4S/c22-14-4-1-12(2-5-14)16-8-9-18(27-16)20(26)24-21(29)23-15-6-7-17-13(11-15)3-10-19(25)28-17/h1-11H,(H2,23,24,26,29). The van der Waals surface area contributed by atoms with Crippen LogP contribution < -0.4 is 16.3 Å². The maximum atomic E-state index is 12.4. The van der Waals surface area contributed by atoms with Crippen LogP contribution in [0, 0.1) is 0 Å². The zero-order valence-electron chi connectivity index (χ0n) is 14.8. The summed E-state index contributed by atoms with van der Waals surface area (Å²) in [6, 6.07) is 19.0. The molecule has 0 saturated heterocycles. The number of halogens is 1. The highest BCUT2D eigenvalue weighted by atomic mass is 79.9. The third-order valence-electron chi connectivity index (χ3n) is 4.06. The third kappa shape index (κ3) is 4.44. The van der Waals surface area contributed by atoms with Crippen LogP contribution in [0.15, 0.2) is 84.8 Å². The van der Waals surface area contributed by atoms with Gasteiger partial charge in [0.05, 0.1) is 0 Å². The van der Waals surface area contributed by atoms with Crippen LogP contribution in [0.1, 0.15) is 10.6 Å². The molecule has 0 unspecified atom stereocenters. The van der Waals surface area contributed by atoms with Crippen molar-refractivity contribution in [2.45, 2.75) is 0 Å². The topological polar surface area (TPSA) is 84.5 Å². The second-order valence-corrected chi connectivity index (χ2v) is 7.41. The molecule has 0 atom stereocenters. The van der Waals surface area contributed by atoms with E-state index in [1.807, 2.05) is 24.3 Å². The number of anilines is 1. The Kier molecular flexibility index (Phi) is 5.28. The zero-order chi connectivity index (χ0) is 20.4. The summed E-state index contributed by atoms with van der Waals surface area (Å²) in [6.07, 6.45) is 0. The summed E-state index contributed by atoms with van der Waals surface area (Å²) in [7, 11) is 0. The molecule has 2 aromatic carbocycles. The summed E-state index contributed by atoms with van der Waals surface area (Å²) in [6.45, 7) is 0. The molecule has 4 aromatic rings. The number of thiocarbonyl (C=S) groups is 1. The van der Waals surface area contributed by atoms with Gasteiger partial charge in [-0.05, 0) is 60.7 Å². The van der Waals surface area contributed by atoms with E-state index in [2.05, 4.69) is 26.6 Å². The number of fused-ring (bicyclic) bond motifs is 1. The number of furan rings is 1. The van der Waals surface area contributed by atoms with Gasteiger partial charge in [-0.2, -0.15) is 0 Å². The summed E-state index contributed by atoms with van der Waals surface area (Å²) in [5.74, 6) is 0.266. The minimum absolute atomic E-state index is 0.119. The molecule has 0 aliphatic carbocycles. The van der Waals surface area contributed by atoms with Gasteiger partial charge in [0.25, 0.3) is 5.91 Å². The van der Waals surface area contributed by atoms with E-state index in [1.54, 1.807) is 36.4 Å². The highest BCUT2D eigenvalue weighted by Gasteiger charge is 2.14. The van der Waals surface area contributed by atoms with Crippen LogP contribution in [-0.2, 0) is 0 Å². The molecule has 0 fully saturated rings. The minimum Gasteiger partial charge on any atom is -0.451 e. The van der Waals surface area contributed by atoms with Crippen molar-refractivity contribution < 1.29 is 13.6 Å². The monoisotopic (exact) mass is 468 g/mol. The van der Waals surface area contributed by atoms with Crippen LogP contribution in [0.3, 0.4) is 0 Å². The normalized spacial score (nSPS) is 10.7. The predicted molar refractivity (Wildman–Crippen MR) is 118 cm³/mol. The van der Waals surface area contributed by atoms with E-state index >= 15 is 0 Å². The lowest BCUT2D eigenvalue weighted by Gasteiger charge is -2.09. The Morgan fingerprint density at radius 2 is 1.72 bits per heavy atom. The van der Waals surface area contributed by atoms with Gasteiger partial charge in [-0.25, -0.2) is 4.79 Å². The quantitative estimate of drug-likeness (QED) is 0.327. The number of hydrogen-bond acceptors (Lipinski definition) is 5. The van der Waals surface area contributed by atoms with E-state index in [0.29, 0.717) is 17.0 Å². The molecule has 2 aromatic heterocycles. The molecule has 1 amide bonds. The fourth-order valence-corrected chi connectivity index (χ4v) is 3.18. The molecule has 0 aliphatic rings. The van der Waals surface area contributed by atoms with Gasteiger partial charge in [0.2, 0.25) is 0 Å². The van der Waals surface area contributed by atoms with Gasteiger partial charge in [0, 0.05) is 27.2 Å². The van der Waals surface area contributed by atoms with Gasteiger partial charge in [-0.1, -0.05) is 28.1 Å². The molecule has 144 valence electrons. The van der Waals surface area contributed by atoms with Crippen LogP contribution in [0.5, 0.6) is 0 Å². The lowest BCUT2D eigenvalue weighted by atomic mass is 10.2. The summed E-state index contributed by atoms with van der Waals surface area (Å²) in [5, 5.41) is 6.36. The van der Waals surface area contributed by atoms with Crippen LogP contribution in [0.4, 0.5) is 5.69 Å². The second kappa shape index (κ2) is 8.02. The lowest BCUT2D eigenvalue weighted by molar-refractivity contribution is 0.0951. The number of rotatable bonds is 3. The SMILES string of the molecule is O=C(NC(=S)Nc1ccc2oc(=O)ccc2c1)c1ccc(-c2ccc(Br)cc2)o1. The number of nitrogens with one attached hydrogen (secondary N) is 2.